The summed E-state index contributed by atoms with van der Waals surface area (Å²) in [6.45, 7) is -0.0661. The number of halogens is 2. The Bertz CT molecular complexity index is 359. The van der Waals surface area contributed by atoms with E-state index < -0.39 is 24.5 Å². The van der Waals surface area contributed by atoms with Crippen LogP contribution < -0.4 is 5.73 Å². The zero-order valence-electron chi connectivity index (χ0n) is 8.92. The molecule has 0 fully saturated rings. The lowest BCUT2D eigenvalue weighted by Gasteiger charge is -2.16. The van der Waals surface area contributed by atoms with Gasteiger partial charge in [0.15, 0.2) is 0 Å². The lowest BCUT2D eigenvalue weighted by Crippen LogP contribution is -2.46. The van der Waals surface area contributed by atoms with Crippen LogP contribution in [0.5, 0.6) is 0 Å². The molecule has 0 aliphatic rings. The summed E-state index contributed by atoms with van der Waals surface area (Å²) in [5.74, 6) is -1.05. The standard InChI is InChI=1S/C11H13F2NO3/c12-10(13)9(15)8(14)11(16)17-6-7-4-2-1-3-5-7/h1-5,8-10,15H,6,14H2. The van der Waals surface area contributed by atoms with Crippen molar-refractivity contribution < 1.29 is 23.4 Å². The van der Waals surface area contributed by atoms with Crippen molar-refractivity contribution in [2.24, 2.45) is 5.73 Å². The smallest absolute Gasteiger partial charge is 0.326 e. The van der Waals surface area contributed by atoms with Crippen molar-refractivity contribution in [1.82, 2.24) is 0 Å². The van der Waals surface area contributed by atoms with Gasteiger partial charge in [-0.1, -0.05) is 30.3 Å². The van der Waals surface area contributed by atoms with E-state index in [2.05, 4.69) is 0 Å². The maximum atomic E-state index is 12.1. The fraction of sp³-hybridized carbons (Fsp3) is 0.364. The molecule has 0 heterocycles. The molecular formula is C11H13F2NO3. The number of carbonyl (C=O) groups is 1. The van der Waals surface area contributed by atoms with E-state index in [-0.39, 0.29) is 6.61 Å². The monoisotopic (exact) mass is 245 g/mol. The SMILES string of the molecule is NC(C(=O)OCc1ccccc1)C(O)C(F)F. The summed E-state index contributed by atoms with van der Waals surface area (Å²) >= 11 is 0. The van der Waals surface area contributed by atoms with Gasteiger partial charge in [0.25, 0.3) is 6.43 Å². The summed E-state index contributed by atoms with van der Waals surface area (Å²) in [5, 5.41) is 8.89. The zero-order chi connectivity index (χ0) is 12.8. The molecule has 0 saturated heterocycles. The highest BCUT2D eigenvalue weighted by Gasteiger charge is 2.31. The molecule has 1 rings (SSSR count). The van der Waals surface area contributed by atoms with Crippen LogP contribution in [-0.4, -0.2) is 29.6 Å². The number of ether oxygens (including phenoxy) is 1. The van der Waals surface area contributed by atoms with Gasteiger partial charge in [-0.3, -0.25) is 4.79 Å². The quantitative estimate of drug-likeness (QED) is 0.748. The average Bonchev–Trinajstić information content (AvgIpc) is 2.35. The van der Waals surface area contributed by atoms with E-state index in [0.29, 0.717) is 5.56 Å². The Balaban J connectivity index is 2.45. The van der Waals surface area contributed by atoms with E-state index in [1.165, 1.54) is 0 Å². The molecule has 3 N–H and O–H groups in total. The van der Waals surface area contributed by atoms with Crippen molar-refractivity contribution in [3.05, 3.63) is 35.9 Å². The zero-order valence-corrected chi connectivity index (χ0v) is 8.92. The van der Waals surface area contributed by atoms with Crippen LogP contribution in [0.25, 0.3) is 0 Å². The van der Waals surface area contributed by atoms with Gasteiger partial charge in [0.2, 0.25) is 0 Å². The van der Waals surface area contributed by atoms with Gasteiger partial charge >= 0.3 is 5.97 Å². The normalized spacial score (nSPS) is 14.4. The van der Waals surface area contributed by atoms with Gasteiger partial charge in [-0.2, -0.15) is 0 Å². The van der Waals surface area contributed by atoms with Gasteiger partial charge in [-0.05, 0) is 5.56 Å². The van der Waals surface area contributed by atoms with Crippen LogP contribution in [0.4, 0.5) is 8.78 Å². The summed E-state index contributed by atoms with van der Waals surface area (Å²) in [5.41, 5.74) is 5.83. The first-order valence-corrected chi connectivity index (χ1v) is 4.94. The average molecular weight is 245 g/mol. The summed E-state index contributed by atoms with van der Waals surface area (Å²) in [4.78, 5) is 11.2. The maximum absolute atomic E-state index is 12.1. The molecule has 17 heavy (non-hydrogen) atoms. The molecule has 1 aromatic rings. The molecule has 0 spiro atoms. The molecule has 0 bridgehead atoms. The van der Waals surface area contributed by atoms with Crippen molar-refractivity contribution in [1.29, 1.82) is 0 Å². The summed E-state index contributed by atoms with van der Waals surface area (Å²) < 4.78 is 28.8. The molecule has 6 heteroatoms. The number of hydrogen-bond donors (Lipinski definition) is 2. The van der Waals surface area contributed by atoms with E-state index in [4.69, 9.17) is 15.6 Å². The lowest BCUT2D eigenvalue weighted by atomic mass is 10.2. The van der Waals surface area contributed by atoms with Gasteiger partial charge in [0.1, 0.15) is 18.8 Å². The second-order valence-electron chi connectivity index (χ2n) is 3.44. The molecule has 0 aliphatic heterocycles. The number of rotatable bonds is 5. The molecular weight excluding hydrogens is 232 g/mol. The van der Waals surface area contributed by atoms with Crippen LogP contribution in [-0.2, 0) is 16.1 Å². The van der Waals surface area contributed by atoms with Crippen molar-refractivity contribution in [2.45, 2.75) is 25.2 Å². The summed E-state index contributed by atoms with van der Waals surface area (Å²) in [6.07, 6.45) is -5.28. The summed E-state index contributed by atoms with van der Waals surface area (Å²) in [7, 11) is 0. The Morgan fingerprint density at radius 1 is 1.35 bits per heavy atom. The maximum Gasteiger partial charge on any atom is 0.326 e. The predicted molar refractivity (Wildman–Crippen MR) is 56.2 cm³/mol. The number of carbonyl (C=O) groups excluding carboxylic acids is 1. The van der Waals surface area contributed by atoms with E-state index in [0.717, 1.165) is 0 Å². The Kier molecular flexibility index (Phi) is 4.99. The molecule has 1 aromatic carbocycles. The third-order valence-electron chi connectivity index (χ3n) is 2.12. The minimum atomic E-state index is -3.07. The van der Waals surface area contributed by atoms with Crippen molar-refractivity contribution in [3.63, 3.8) is 0 Å². The Morgan fingerprint density at radius 3 is 2.47 bits per heavy atom. The van der Waals surface area contributed by atoms with E-state index >= 15 is 0 Å². The van der Waals surface area contributed by atoms with Gasteiger partial charge in [0.05, 0.1) is 0 Å². The van der Waals surface area contributed by atoms with Crippen LogP contribution in [0.2, 0.25) is 0 Å². The minimum absolute atomic E-state index is 0.0661. The molecule has 2 unspecified atom stereocenters. The Hall–Kier alpha value is -1.53. The number of hydrogen-bond acceptors (Lipinski definition) is 4. The highest BCUT2D eigenvalue weighted by Crippen LogP contribution is 2.07. The molecule has 0 radical (unpaired) electrons. The van der Waals surface area contributed by atoms with Crippen LogP contribution in [0, 0.1) is 0 Å². The van der Waals surface area contributed by atoms with Gasteiger partial charge < -0.3 is 15.6 Å². The number of alkyl halides is 2. The first-order valence-electron chi connectivity index (χ1n) is 4.94. The fourth-order valence-corrected chi connectivity index (χ4v) is 1.12. The van der Waals surface area contributed by atoms with E-state index in [9.17, 15) is 13.6 Å². The Morgan fingerprint density at radius 2 is 1.94 bits per heavy atom. The van der Waals surface area contributed by atoms with Crippen LogP contribution in [0.15, 0.2) is 30.3 Å². The van der Waals surface area contributed by atoms with E-state index in [1.807, 2.05) is 0 Å². The highest BCUT2D eigenvalue weighted by atomic mass is 19.3. The van der Waals surface area contributed by atoms with Crippen molar-refractivity contribution >= 4 is 5.97 Å². The fourth-order valence-electron chi connectivity index (χ4n) is 1.12. The van der Waals surface area contributed by atoms with Crippen molar-refractivity contribution in [2.75, 3.05) is 0 Å². The second kappa shape index (κ2) is 6.27. The van der Waals surface area contributed by atoms with E-state index in [1.54, 1.807) is 30.3 Å². The molecule has 4 nitrogen and oxygen atoms in total. The van der Waals surface area contributed by atoms with Gasteiger partial charge in [-0.15, -0.1) is 0 Å². The third kappa shape index (κ3) is 4.08. The number of aliphatic hydroxyl groups is 1. The number of aliphatic hydroxyl groups excluding tert-OH is 1. The number of esters is 1. The molecule has 94 valence electrons. The molecule has 0 amide bonds. The van der Waals surface area contributed by atoms with Gasteiger partial charge in [0, 0.05) is 0 Å². The van der Waals surface area contributed by atoms with Crippen molar-refractivity contribution in [3.8, 4) is 0 Å². The Labute approximate surface area is 97.0 Å². The molecule has 0 aromatic heterocycles. The lowest BCUT2D eigenvalue weighted by molar-refractivity contribution is -0.152. The van der Waals surface area contributed by atoms with Crippen LogP contribution in [0.3, 0.4) is 0 Å². The molecule has 0 aliphatic carbocycles. The molecule has 0 saturated carbocycles. The summed E-state index contributed by atoms with van der Waals surface area (Å²) in [6, 6.07) is 6.97. The number of benzene rings is 1. The highest BCUT2D eigenvalue weighted by molar-refractivity contribution is 5.76. The third-order valence-corrected chi connectivity index (χ3v) is 2.12. The predicted octanol–water partition coefficient (Wildman–Crippen LogP) is 0.683. The minimum Gasteiger partial charge on any atom is -0.460 e. The largest absolute Gasteiger partial charge is 0.460 e. The topological polar surface area (TPSA) is 72.6 Å². The van der Waals surface area contributed by atoms with Crippen LogP contribution >= 0.6 is 0 Å². The first kappa shape index (κ1) is 13.5. The van der Waals surface area contributed by atoms with Crippen LogP contribution in [0.1, 0.15) is 5.56 Å². The molecule has 2 atom stereocenters. The number of nitrogens with two attached hydrogens (primary N) is 1. The second-order valence-corrected chi connectivity index (χ2v) is 3.44. The first-order chi connectivity index (χ1) is 8.02. The van der Waals surface area contributed by atoms with Gasteiger partial charge in [-0.25, -0.2) is 8.78 Å².